The molecule has 1 heterocycles. The number of aromatic nitrogens is 2. The van der Waals surface area contributed by atoms with Crippen LogP contribution < -0.4 is 10.0 Å². The van der Waals surface area contributed by atoms with Gasteiger partial charge in [-0.3, -0.25) is 14.2 Å². The molecule has 0 aliphatic heterocycles. The molecule has 4 aromatic rings. The van der Waals surface area contributed by atoms with Crippen molar-refractivity contribution in [3.63, 3.8) is 0 Å². The fourth-order valence-corrected chi connectivity index (χ4v) is 4.13. The van der Waals surface area contributed by atoms with Crippen molar-refractivity contribution >= 4 is 27.3 Å². The summed E-state index contributed by atoms with van der Waals surface area (Å²) in [5, 5.41) is 7.11. The summed E-state index contributed by atoms with van der Waals surface area (Å²) >= 11 is 0. The molecule has 7 nitrogen and oxygen atoms in total. The van der Waals surface area contributed by atoms with Crippen LogP contribution in [0.2, 0.25) is 0 Å². The van der Waals surface area contributed by atoms with E-state index in [-0.39, 0.29) is 10.8 Å². The Morgan fingerprint density at radius 3 is 2.29 bits per heavy atom. The van der Waals surface area contributed by atoms with Gasteiger partial charge in [-0.15, -0.1) is 0 Å². The number of anilines is 2. The van der Waals surface area contributed by atoms with Crippen LogP contribution in [0.4, 0.5) is 11.4 Å². The van der Waals surface area contributed by atoms with Crippen molar-refractivity contribution in [2.24, 2.45) is 0 Å². The molecule has 0 atom stereocenters. The van der Waals surface area contributed by atoms with Gasteiger partial charge < -0.3 is 5.32 Å². The normalized spacial score (nSPS) is 11.1. The average Bonchev–Trinajstić information content (AvgIpc) is 3.29. The maximum atomic E-state index is 12.7. The molecule has 0 spiro atoms. The molecule has 0 radical (unpaired) electrons. The third kappa shape index (κ3) is 4.99. The Labute approximate surface area is 180 Å². The van der Waals surface area contributed by atoms with Crippen LogP contribution in [-0.4, -0.2) is 24.1 Å². The van der Waals surface area contributed by atoms with Gasteiger partial charge in [0.05, 0.1) is 11.4 Å². The number of sulfonamides is 1. The molecule has 0 saturated carbocycles. The molecule has 8 heteroatoms. The van der Waals surface area contributed by atoms with E-state index in [1.807, 2.05) is 36.5 Å². The van der Waals surface area contributed by atoms with Gasteiger partial charge in [0.25, 0.3) is 15.9 Å². The Morgan fingerprint density at radius 1 is 0.871 bits per heavy atom. The Balaban J connectivity index is 1.46. The van der Waals surface area contributed by atoms with Crippen LogP contribution in [0.15, 0.2) is 102 Å². The topological polar surface area (TPSA) is 93.1 Å². The second-order valence-corrected chi connectivity index (χ2v) is 8.49. The molecule has 3 aromatic carbocycles. The van der Waals surface area contributed by atoms with Gasteiger partial charge in [-0.25, -0.2) is 8.42 Å². The van der Waals surface area contributed by atoms with Gasteiger partial charge in [-0.05, 0) is 54.1 Å². The van der Waals surface area contributed by atoms with E-state index in [1.54, 1.807) is 53.3 Å². The van der Waals surface area contributed by atoms with Crippen LogP contribution in [0.25, 0.3) is 0 Å². The molecule has 2 N–H and O–H groups in total. The van der Waals surface area contributed by atoms with Crippen molar-refractivity contribution in [1.82, 2.24) is 9.78 Å². The minimum Gasteiger partial charge on any atom is -0.322 e. The maximum absolute atomic E-state index is 12.7. The zero-order valence-electron chi connectivity index (χ0n) is 16.5. The third-order valence-electron chi connectivity index (χ3n) is 4.61. The summed E-state index contributed by atoms with van der Waals surface area (Å²) in [5.74, 6) is -0.287. The minimum absolute atomic E-state index is 0.172. The zero-order chi connectivity index (χ0) is 21.7. The monoisotopic (exact) mass is 432 g/mol. The van der Waals surface area contributed by atoms with Gasteiger partial charge in [-0.2, -0.15) is 5.10 Å². The van der Waals surface area contributed by atoms with E-state index >= 15 is 0 Å². The van der Waals surface area contributed by atoms with Gasteiger partial charge >= 0.3 is 0 Å². The van der Waals surface area contributed by atoms with Gasteiger partial charge in [0.2, 0.25) is 0 Å². The van der Waals surface area contributed by atoms with E-state index in [0.717, 1.165) is 5.56 Å². The number of nitrogens with zero attached hydrogens (tertiary/aromatic N) is 2. The predicted molar refractivity (Wildman–Crippen MR) is 119 cm³/mol. The number of nitrogens with one attached hydrogen (secondary N) is 2. The number of hydrogen-bond acceptors (Lipinski definition) is 4. The van der Waals surface area contributed by atoms with E-state index < -0.39 is 10.0 Å². The predicted octanol–water partition coefficient (Wildman–Crippen LogP) is 3.98. The highest BCUT2D eigenvalue weighted by Gasteiger charge is 2.14. The molecular formula is C23H20N4O3S. The number of benzene rings is 3. The first-order valence-corrected chi connectivity index (χ1v) is 11.0. The number of hydrogen-bond donors (Lipinski definition) is 2. The summed E-state index contributed by atoms with van der Waals surface area (Å²) in [7, 11) is -3.68. The third-order valence-corrected chi connectivity index (χ3v) is 6.01. The number of para-hydroxylation sites is 1. The van der Waals surface area contributed by atoms with Crippen molar-refractivity contribution in [2.45, 2.75) is 11.4 Å². The number of carbonyl (C=O) groups is 1. The summed E-state index contributed by atoms with van der Waals surface area (Å²) in [6.07, 6.45) is 3.56. The fourth-order valence-electron chi connectivity index (χ4n) is 3.05. The lowest BCUT2D eigenvalue weighted by Gasteiger charge is -2.12. The van der Waals surface area contributed by atoms with Crippen molar-refractivity contribution in [3.8, 4) is 0 Å². The van der Waals surface area contributed by atoms with E-state index in [1.165, 1.54) is 12.1 Å². The smallest absolute Gasteiger partial charge is 0.261 e. The summed E-state index contributed by atoms with van der Waals surface area (Å²) in [4.78, 5) is 12.9. The first-order valence-electron chi connectivity index (χ1n) is 9.56. The van der Waals surface area contributed by atoms with E-state index in [0.29, 0.717) is 23.5 Å². The van der Waals surface area contributed by atoms with Gasteiger partial charge in [0, 0.05) is 29.3 Å². The van der Waals surface area contributed by atoms with Crippen molar-refractivity contribution in [2.75, 3.05) is 10.0 Å². The summed E-state index contributed by atoms with van der Waals surface area (Å²) in [6, 6.07) is 23.7. The Bertz CT molecular complexity index is 1270. The Kier molecular flexibility index (Phi) is 5.81. The molecule has 1 aromatic heterocycles. The van der Waals surface area contributed by atoms with E-state index in [9.17, 15) is 13.2 Å². The second-order valence-electron chi connectivity index (χ2n) is 6.81. The Morgan fingerprint density at radius 2 is 1.58 bits per heavy atom. The highest BCUT2D eigenvalue weighted by Crippen LogP contribution is 2.19. The van der Waals surface area contributed by atoms with E-state index in [2.05, 4.69) is 15.1 Å². The number of carbonyl (C=O) groups excluding carboxylic acids is 1. The summed E-state index contributed by atoms with van der Waals surface area (Å²) in [5.41, 5.74) is 2.40. The van der Waals surface area contributed by atoms with Crippen LogP contribution in [0.5, 0.6) is 0 Å². The molecule has 4 rings (SSSR count). The Hall–Kier alpha value is -3.91. The maximum Gasteiger partial charge on any atom is 0.261 e. The number of rotatable bonds is 7. The average molecular weight is 433 g/mol. The van der Waals surface area contributed by atoms with Crippen LogP contribution in [-0.2, 0) is 16.6 Å². The SMILES string of the molecule is O=C(Nc1ccccc1Cn1cccn1)c1ccc(NS(=O)(=O)c2ccccc2)cc1. The molecule has 0 aliphatic carbocycles. The first kappa shape index (κ1) is 20.4. The lowest BCUT2D eigenvalue weighted by molar-refractivity contribution is 0.102. The molecule has 0 saturated heterocycles. The molecule has 0 unspecified atom stereocenters. The fraction of sp³-hybridized carbons (Fsp3) is 0.0435. The lowest BCUT2D eigenvalue weighted by Crippen LogP contribution is -2.15. The highest BCUT2D eigenvalue weighted by atomic mass is 32.2. The van der Waals surface area contributed by atoms with Crippen LogP contribution in [0.3, 0.4) is 0 Å². The highest BCUT2D eigenvalue weighted by molar-refractivity contribution is 7.92. The lowest BCUT2D eigenvalue weighted by atomic mass is 10.1. The second kappa shape index (κ2) is 8.85. The summed E-state index contributed by atoms with van der Waals surface area (Å²) < 4.78 is 29.2. The van der Waals surface area contributed by atoms with Gasteiger partial charge in [0.15, 0.2) is 0 Å². The molecule has 1 amide bonds. The van der Waals surface area contributed by atoms with Crippen molar-refractivity contribution in [1.29, 1.82) is 0 Å². The van der Waals surface area contributed by atoms with Crippen molar-refractivity contribution < 1.29 is 13.2 Å². The number of amides is 1. The minimum atomic E-state index is -3.68. The first-order chi connectivity index (χ1) is 15.0. The quantitative estimate of drug-likeness (QED) is 0.462. The molecular weight excluding hydrogens is 412 g/mol. The molecule has 31 heavy (non-hydrogen) atoms. The van der Waals surface area contributed by atoms with Crippen LogP contribution in [0.1, 0.15) is 15.9 Å². The standard InChI is InChI=1S/C23H20N4O3S/c28-23(25-22-10-5-4-7-19(22)17-27-16-6-15-24-27)18-11-13-20(14-12-18)26-31(29,30)21-8-2-1-3-9-21/h1-16,26H,17H2,(H,25,28). The van der Waals surface area contributed by atoms with Gasteiger partial charge in [0.1, 0.15) is 0 Å². The molecule has 0 fully saturated rings. The molecule has 0 aliphatic rings. The van der Waals surface area contributed by atoms with Crippen LogP contribution in [0, 0.1) is 0 Å². The largest absolute Gasteiger partial charge is 0.322 e. The summed E-state index contributed by atoms with van der Waals surface area (Å²) in [6.45, 7) is 0.531. The van der Waals surface area contributed by atoms with Crippen LogP contribution >= 0.6 is 0 Å². The van der Waals surface area contributed by atoms with E-state index in [4.69, 9.17) is 0 Å². The molecule has 0 bridgehead atoms. The molecule has 156 valence electrons. The zero-order valence-corrected chi connectivity index (χ0v) is 17.3. The van der Waals surface area contributed by atoms with Crippen molar-refractivity contribution in [3.05, 3.63) is 108 Å². The van der Waals surface area contributed by atoms with Gasteiger partial charge in [-0.1, -0.05) is 36.4 Å².